The van der Waals surface area contributed by atoms with E-state index >= 15 is 0 Å². The Labute approximate surface area is 95.3 Å². The lowest BCUT2D eigenvalue weighted by atomic mass is 10.1. The van der Waals surface area contributed by atoms with E-state index < -0.39 is 0 Å². The van der Waals surface area contributed by atoms with Crippen molar-refractivity contribution in [2.75, 3.05) is 0 Å². The molecule has 0 spiro atoms. The maximum Gasteiger partial charge on any atom is 0.122 e. The number of allylic oxidation sites excluding steroid dienone is 4. The molecule has 0 saturated carbocycles. The largest absolute Gasteiger partial charge is 0.461 e. The first-order valence-electron chi connectivity index (χ1n) is 5.12. The molecule has 16 heavy (non-hydrogen) atoms. The Morgan fingerprint density at radius 3 is 2.81 bits per heavy atom. The van der Waals surface area contributed by atoms with Crippen LogP contribution in [0.5, 0.6) is 0 Å². The molecule has 0 amide bonds. The first-order chi connectivity index (χ1) is 7.85. The average molecular weight is 211 g/mol. The highest BCUT2D eigenvalue weighted by Crippen LogP contribution is 2.28. The van der Waals surface area contributed by atoms with Crippen LogP contribution in [0, 0.1) is 0 Å². The number of hydrogen-bond acceptors (Lipinski definition) is 2. The summed E-state index contributed by atoms with van der Waals surface area (Å²) in [6.45, 7) is 7.48. The van der Waals surface area contributed by atoms with Crippen molar-refractivity contribution in [2.45, 2.75) is 6.42 Å². The van der Waals surface area contributed by atoms with E-state index in [-0.39, 0.29) is 0 Å². The first-order valence-corrected chi connectivity index (χ1v) is 5.12. The van der Waals surface area contributed by atoms with E-state index in [2.05, 4.69) is 18.1 Å². The van der Waals surface area contributed by atoms with Gasteiger partial charge in [0.15, 0.2) is 0 Å². The minimum atomic E-state index is 0.763. The molecule has 2 heteroatoms. The Morgan fingerprint density at radius 1 is 1.38 bits per heavy atom. The highest BCUT2D eigenvalue weighted by Gasteiger charge is 2.14. The molecule has 0 radical (unpaired) electrons. The van der Waals surface area contributed by atoms with E-state index in [1.807, 2.05) is 24.3 Å². The van der Waals surface area contributed by atoms with Crippen LogP contribution < -0.4 is 0 Å². The van der Waals surface area contributed by atoms with Gasteiger partial charge in [-0.1, -0.05) is 25.3 Å². The maximum atomic E-state index is 5.63. The highest BCUT2D eigenvalue weighted by molar-refractivity contribution is 5.73. The topological polar surface area (TPSA) is 22.1 Å². The normalized spacial score (nSPS) is 17.4. The summed E-state index contributed by atoms with van der Waals surface area (Å²) >= 11 is 0. The molecule has 2 rings (SSSR count). The Morgan fingerprint density at radius 2 is 2.25 bits per heavy atom. The van der Waals surface area contributed by atoms with Crippen molar-refractivity contribution in [3.63, 3.8) is 0 Å². The molecule has 1 aromatic rings. The third-order valence-corrected chi connectivity index (χ3v) is 2.38. The van der Waals surface area contributed by atoms with Crippen LogP contribution in [0.2, 0.25) is 0 Å². The Hall–Kier alpha value is -2.09. The molecule has 0 unspecified atom stereocenters. The van der Waals surface area contributed by atoms with Crippen LogP contribution in [-0.4, -0.2) is 4.98 Å². The van der Waals surface area contributed by atoms with Crippen molar-refractivity contribution in [1.29, 1.82) is 0 Å². The molecule has 0 aliphatic carbocycles. The number of pyridine rings is 1. The van der Waals surface area contributed by atoms with Gasteiger partial charge in [0, 0.05) is 18.2 Å². The molecule has 0 fully saturated rings. The third kappa shape index (κ3) is 1.96. The summed E-state index contributed by atoms with van der Waals surface area (Å²) in [4.78, 5) is 4.29. The third-order valence-electron chi connectivity index (χ3n) is 2.38. The minimum absolute atomic E-state index is 0.763. The summed E-state index contributed by atoms with van der Waals surface area (Å²) in [5.74, 6) is 1.67. The second-order valence-electron chi connectivity index (χ2n) is 3.37. The summed E-state index contributed by atoms with van der Waals surface area (Å²) in [5.41, 5.74) is 1.82. The summed E-state index contributed by atoms with van der Waals surface area (Å²) < 4.78 is 5.63. The fourth-order valence-corrected chi connectivity index (χ4v) is 1.59. The molecule has 1 aliphatic rings. The van der Waals surface area contributed by atoms with Gasteiger partial charge in [0.1, 0.15) is 11.5 Å². The summed E-state index contributed by atoms with van der Waals surface area (Å²) in [6.07, 6.45) is 7.99. The number of nitrogens with zero attached hydrogens (tertiary/aromatic N) is 1. The van der Waals surface area contributed by atoms with Crippen molar-refractivity contribution in [1.82, 2.24) is 4.98 Å². The van der Waals surface area contributed by atoms with Crippen LogP contribution in [0.15, 0.2) is 67.3 Å². The average Bonchev–Trinajstić information content (AvgIpc) is 2.80. The van der Waals surface area contributed by atoms with Gasteiger partial charge in [0.2, 0.25) is 0 Å². The summed E-state index contributed by atoms with van der Waals surface area (Å²) in [7, 11) is 0. The van der Waals surface area contributed by atoms with Gasteiger partial charge >= 0.3 is 0 Å². The number of aromatic nitrogens is 1. The van der Waals surface area contributed by atoms with Gasteiger partial charge < -0.3 is 4.74 Å². The van der Waals surface area contributed by atoms with Crippen LogP contribution in [-0.2, 0) is 4.74 Å². The Balaban J connectivity index is 2.35. The van der Waals surface area contributed by atoms with Crippen molar-refractivity contribution in [3.05, 3.63) is 73.0 Å². The second-order valence-corrected chi connectivity index (χ2v) is 3.37. The van der Waals surface area contributed by atoms with Gasteiger partial charge in [-0.25, -0.2) is 0 Å². The molecule has 2 nitrogen and oxygen atoms in total. The molecule has 2 heterocycles. The molecule has 0 atom stereocenters. The molecule has 0 bridgehead atoms. The van der Waals surface area contributed by atoms with Crippen molar-refractivity contribution in [2.24, 2.45) is 0 Å². The SMILES string of the molecule is C=CC1=CC/C(=C(\C=C)c2ccccn2)O1. The van der Waals surface area contributed by atoms with E-state index in [9.17, 15) is 0 Å². The molecule has 1 aromatic heterocycles. The van der Waals surface area contributed by atoms with Gasteiger partial charge in [0.05, 0.1) is 5.69 Å². The molecular formula is C14H13NO. The summed E-state index contributed by atoms with van der Waals surface area (Å²) in [6, 6.07) is 5.78. The fraction of sp³-hybridized carbons (Fsp3) is 0.0714. The van der Waals surface area contributed by atoms with Crippen LogP contribution in [0.4, 0.5) is 0 Å². The van der Waals surface area contributed by atoms with E-state index in [4.69, 9.17) is 4.74 Å². The van der Waals surface area contributed by atoms with Crippen molar-refractivity contribution < 1.29 is 4.74 Å². The second kappa shape index (κ2) is 4.62. The van der Waals surface area contributed by atoms with E-state index in [1.165, 1.54) is 0 Å². The zero-order chi connectivity index (χ0) is 11.4. The molecular weight excluding hydrogens is 198 g/mol. The van der Waals surface area contributed by atoms with Crippen LogP contribution in [0.25, 0.3) is 5.57 Å². The number of rotatable bonds is 3. The standard InChI is InChI=1S/C14H13NO/c1-3-11-8-9-14(16-11)12(4-2)13-7-5-6-10-15-13/h3-8,10H,1-2,9H2/b14-12-. The fourth-order valence-electron chi connectivity index (χ4n) is 1.59. The molecule has 1 aliphatic heterocycles. The smallest absolute Gasteiger partial charge is 0.122 e. The lowest BCUT2D eigenvalue weighted by Gasteiger charge is -2.07. The van der Waals surface area contributed by atoms with Crippen LogP contribution >= 0.6 is 0 Å². The van der Waals surface area contributed by atoms with Gasteiger partial charge in [-0.05, 0) is 24.3 Å². The van der Waals surface area contributed by atoms with Gasteiger partial charge in [0.25, 0.3) is 0 Å². The highest BCUT2D eigenvalue weighted by atomic mass is 16.5. The van der Waals surface area contributed by atoms with Crippen molar-refractivity contribution in [3.8, 4) is 0 Å². The predicted molar refractivity (Wildman–Crippen MR) is 65.3 cm³/mol. The van der Waals surface area contributed by atoms with Gasteiger partial charge in [-0.2, -0.15) is 0 Å². The van der Waals surface area contributed by atoms with Crippen molar-refractivity contribution >= 4 is 5.57 Å². The molecule has 80 valence electrons. The van der Waals surface area contributed by atoms with E-state index in [0.29, 0.717) is 0 Å². The quantitative estimate of drug-likeness (QED) is 0.763. The molecule has 0 N–H and O–H groups in total. The lowest BCUT2D eigenvalue weighted by molar-refractivity contribution is 0.341. The zero-order valence-corrected chi connectivity index (χ0v) is 9.02. The maximum absolute atomic E-state index is 5.63. The van der Waals surface area contributed by atoms with Crippen LogP contribution in [0.3, 0.4) is 0 Å². The lowest BCUT2D eigenvalue weighted by Crippen LogP contribution is -1.91. The Bertz CT molecular complexity index is 469. The van der Waals surface area contributed by atoms with Gasteiger partial charge in [-0.15, -0.1) is 0 Å². The zero-order valence-electron chi connectivity index (χ0n) is 9.02. The Kier molecular flexibility index (Phi) is 3.01. The summed E-state index contributed by atoms with van der Waals surface area (Å²) in [5, 5.41) is 0. The minimum Gasteiger partial charge on any atom is -0.461 e. The number of hydrogen-bond donors (Lipinski definition) is 0. The van der Waals surface area contributed by atoms with Crippen LogP contribution in [0.1, 0.15) is 12.1 Å². The van der Waals surface area contributed by atoms with E-state index in [1.54, 1.807) is 18.3 Å². The van der Waals surface area contributed by atoms with E-state index in [0.717, 1.165) is 29.2 Å². The molecule has 0 saturated heterocycles. The number of ether oxygens (including phenoxy) is 1. The van der Waals surface area contributed by atoms with Gasteiger partial charge in [-0.3, -0.25) is 4.98 Å². The molecule has 0 aromatic carbocycles. The first kappa shape index (κ1) is 10.4. The monoisotopic (exact) mass is 211 g/mol. The predicted octanol–water partition coefficient (Wildman–Crippen LogP) is 3.47.